The van der Waals surface area contributed by atoms with Gasteiger partial charge in [-0.3, -0.25) is 9.36 Å². The first-order chi connectivity index (χ1) is 17.3. The Hall–Kier alpha value is -3.62. The van der Waals surface area contributed by atoms with Crippen LogP contribution in [0.25, 0.3) is 10.9 Å². The Morgan fingerprint density at radius 2 is 1.81 bits per heavy atom. The van der Waals surface area contributed by atoms with Crippen molar-refractivity contribution < 1.29 is 9.90 Å². The molecule has 0 unspecified atom stereocenters. The van der Waals surface area contributed by atoms with E-state index in [1.54, 1.807) is 22.8 Å². The Bertz CT molecular complexity index is 1540. The van der Waals surface area contributed by atoms with Crippen LogP contribution in [-0.2, 0) is 19.6 Å². The highest BCUT2D eigenvalue weighted by Gasteiger charge is 2.25. The van der Waals surface area contributed by atoms with Crippen LogP contribution in [0, 0.1) is 0 Å². The lowest BCUT2D eigenvalue weighted by atomic mass is 10.0. The van der Waals surface area contributed by atoms with Gasteiger partial charge in [-0.1, -0.05) is 47.5 Å². The van der Waals surface area contributed by atoms with E-state index in [1.165, 1.54) is 17.2 Å². The Balaban J connectivity index is 1.62. The Morgan fingerprint density at radius 3 is 2.44 bits per heavy atom. The summed E-state index contributed by atoms with van der Waals surface area (Å²) in [4.78, 5) is 36.3. The van der Waals surface area contributed by atoms with Gasteiger partial charge in [0.25, 0.3) is 5.56 Å². The molecular formula is C26H23Cl2N5O3. The largest absolute Gasteiger partial charge is 0.476 e. The predicted octanol–water partition coefficient (Wildman–Crippen LogP) is 5.51. The van der Waals surface area contributed by atoms with Crippen LogP contribution in [-0.4, -0.2) is 25.6 Å². The van der Waals surface area contributed by atoms with Crippen molar-refractivity contribution >= 4 is 51.7 Å². The first-order valence-electron chi connectivity index (χ1n) is 11.5. The number of aromatic nitrogens is 3. The molecule has 0 amide bonds. The second-order valence-corrected chi connectivity index (χ2v) is 9.50. The zero-order valence-corrected chi connectivity index (χ0v) is 21.1. The third kappa shape index (κ3) is 4.27. The van der Waals surface area contributed by atoms with Gasteiger partial charge < -0.3 is 15.3 Å². The van der Waals surface area contributed by atoms with Crippen LogP contribution in [0.1, 0.15) is 47.1 Å². The number of carboxylic acid groups (broad SMARTS) is 1. The summed E-state index contributed by atoms with van der Waals surface area (Å²) in [7, 11) is 0. The summed E-state index contributed by atoms with van der Waals surface area (Å²) in [5.74, 6) is -0.621. The number of aromatic carboxylic acids is 1. The zero-order chi connectivity index (χ0) is 25.6. The minimum absolute atomic E-state index is 0.0804. The van der Waals surface area contributed by atoms with E-state index >= 15 is 0 Å². The molecule has 184 valence electrons. The molecule has 2 N–H and O–H groups in total. The molecule has 36 heavy (non-hydrogen) atoms. The molecule has 0 bridgehead atoms. The number of fused-ring (bicyclic) bond motifs is 2. The van der Waals surface area contributed by atoms with Gasteiger partial charge in [0.15, 0.2) is 5.69 Å². The van der Waals surface area contributed by atoms with Crippen LogP contribution in [0.15, 0.2) is 53.3 Å². The SMILES string of the molecule is CCn1c(N2Cc3ccccc3C2)nc2c([C@@H](C)Nc3ccc(Cl)nc3C(=O)O)cc(Cl)cc2c1=O. The molecule has 2 aromatic heterocycles. The quantitative estimate of drug-likeness (QED) is 0.321. The molecular weight excluding hydrogens is 501 g/mol. The van der Waals surface area contributed by atoms with Gasteiger partial charge in [0.05, 0.1) is 22.6 Å². The van der Waals surface area contributed by atoms with Crippen LogP contribution in [0.4, 0.5) is 11.6 Å². The summed E-state index contributed by atoms with van der Waals surface area (Å²) in [6, 6.07) is 14.2. The van der Waals surface area contributed by atoms with Gasteiger partial charge >= 0.3 is 5.97 Å². The normalized spacial score (nSPS) is 13.6. The number of carbonyl (C=O) groups is 1. The second kappa shape index (κ2) is 9.44. The molecule has 10 heteroatoms. The number of nitrogens with one attached hydrogen (secondary N) is 1. The molecule has 0 aliphatic carbocycles. The number of hydrogen-bond acceptors (Lipinski definition) is 6. The zero-order valence-electron chi connectivity index (χ0n) is 19.6. The van der Waals surface area contributed by atoms with Crippen LogP contribution < -0.4 is 15.8 Å². The lowest BCUT2D eigenvalue weighted by Gasteiger charge is -2.23. The van der Waals surface area contributed by atoms with Crippen molar-refractivity contribution in [2.24, 2.45) is 0 Å². The second-order valence-electron chi connectivity index (χ2n) is 8.68. The fourth-order valence-electron chi connectivity index (χ4n) is 4.66. The number of rotatable bonds is 6. The molecule has 0 radical (unpaired) electrons. The molecule has 1 atom stereocenters. The molecule has 0 saturated heterocycles. The highest BCUT2D eigenvalue weighted by Crippen LogP contribution is 2.32. The van der Waals surface area contributed by atoms with E-state index in [0.717, 1.165) is 0 Å². The van der Waals surface area contributed by atoms with Gasteiger partial charge in [-0.25, -0.2) is 14.8 Å². The van der Waals surface area contributed by atoms with Crippen LogP contribution in [0.3, 0.4) is 0 Å². The monoisotopic (exact) mass is 523 g/mol. The minimum Gasteiger partial charge on any atom is -0.476 e. The topological polar surface area (TPSA) is 100 Å². The van der Waals surface area contributed by atoms with E-state index < -0.39 is 12.0 Å². The van der Waals surface area contributed by atoms with E-state index in [-0.39, 0.29) is 16.4 Å². The van der Waals surface area contributed by atoms with E-state index in [2.05, 4.69) is 27.3 Å². The number of pyridine rings is 1. The van der Waals surface area contributed by atoms with Gasteiger partial charge in [0.1, 0.15) is 5.15 Å². The molecule has 1 aliphatic heterocycles. The van der Waals surface area contributed by atoms with Crippen molar-refractivity contribution in [3.63, 3.8) is 0 Å². The van der Waals surface area contributed by atoms with Crippen LogP contribution in [0.5, 0.6) is 0 Å². The number of hydrogen-bond donors (Lipinski definition) is 2. The van der Waals surface area contributed by atoms with E-state index in [0.29, 0.717) is 52.8 Å². The minimum atomic E-state index is -1.21. The number of halogens is 2. The van der Waals surface area contributed by atoms with Gasteiger partial charge in [0.2, 0.25) is 5.95 Å². The summed E-state index contributed by atoms with van der Waals surface area (Å²) < 4.78 is 1.66. The fourth-order valence-corrected chi connectivity index (χ4v) is 5.04. The third-order valence-corrected chi connectivity index (χ3v) is 6.80. The van der Waals surface area contributed by atoms with Crippen molar-refractivity contribution in [1.82, 2.24) is 14.5 Å². The van der Waals surface area contributed by atoms with E-state index in [1.807, 2.05) is 26.0 Å². The highest BCUT2D eigenvalue weighted by atomic mass is 35.5. The summed E-state index contributed by atoms with van der Waals surface area (Å²) >= 11 is 12.3. The predicted molar refractivity (Wildman–Crippen MR) is 141 cm³/mol. The standard InChI is InChI=1S/C26H23Cl2N5O3/c1-3-33-24(34)19-11-17(27)10-18(14(2)29-20-8-9-21(28)30-23(20)25(35)36)22(19)31-26(33)32-12-15-6-4-5-7-16(15)13-32/h4-11,14,29H,3,12-13H2,1-2H3,(H,35,36)/t14-/m1/s1. The first-order valence-corrected chi connectivity index (χ1v) is 12.2. The molecule has 2 aromatic carbocycles. The maximum Gasteiger partial charge on any atom is 0.356 e. The molecule has 8 nitrogen and oxygen atoms in total. The smallest absolute Gasteiger partial charge is 0.356 e. The first kappa shape index (κ1) is 24.1. The number of anilines is 2. The Kier molecular flexibility index (Phi) is 6.32. The van der Waals surface area contributed by atoms with Crippen molar-refractivity contribution in [3.05, 3.63) is 91.4 Å². The molecule has 0 fully saturated rings. The average Bonchev–Trinajstić information content (AvgIpc) is 3.29. The molecule has 4 aromatic rings. The Morgan fingerprint density at radius 1 is 1.11 bits per heavy atom. The molecule has 0 saturated carbocycles. The van der Waals surface area contributed by atoms with Crippen molar-refractivity contribution in [3.8, 4) is 0 Å². The van der Waals surface area contributed by atoms with Gasteiger partial charge in [0, 0.05) is 30.2 Å². The lowest BCUT2D eigenvalue weighted by molar-refractivity contribution is 0.0691. The fraction of sp³-hybridized carbons (Fsp3) is 0.231. The number of nitrogens with zero attached hydrogens (tertiary/aromatic N) is 4. The lowest BCUT2D eigenvalue weighted by Crippen LogP contribution is -2.30. The number of benzene rings is 2. The molecule has 1 aliphatic rings. The van der Waals surface area contributed by atoms with Gasteiger partial charge in [-0.2, -0.15) is 0 Å². The summed E-state index contributed by atoms with van der Waals surface area (Å²) in [5.41, 5.74) is 3.52. The van der Waals surface area contributed by atoms with Crippen LogP contribution >= 0.6 is 23.2 Å². The summed E-state index contributed by atoms with van der Waals surface area (Å²) in [6.45, 7) is 5.53. The maximum atomic E-state index is 13.6. The third-order valence-electron chi connectivity index (χ3n) is 6.38. The maximum absolute atomic E-state index is 13.6. The average molecular weight is 524 g/mol. The summed E-state index contributed by atoms with van der Waals surface area (Å²) in [6.07, 6.45) is 0. The van der Waals surface area contributed by atoms with E-state index in [4.69, 9.17) is 28.2 Å². The highest BCUT2D eigenvalue weighted by molar-refractivity contribution is 6.31. The summed E-state index contributed by atoms with van der Waals surface area (Å²) in [5, 5.41) is 13.6. The van der Waals surface area contributed by atoms with Crippen molar-refractivity contribution in [1.29, 1.82) is 0 Å². The van der Waals surface area contributed by atoms with Crippen LogP contribution in [0.2, 0.25) is 10.2 Å². The number of carboxylic acids is 1. The van der Waals surface area contributed by atoms with E-state index in [9.17, 15) is 14.7 Å². The van der Waals surface area contributed by atoms with Crippen molar-refractivity contribution in [2.75, 3.05) is 10.2 Å². The van der Waals surface area contributed by atoms with Gasteiger partial charge in [-0.05, 0) is 49.2 Å². The molecule has 5 rings (SSSR count). The molecule has 0 spiro atoms. The Labute approximate surface area is 217 Å². The van der Waals surface area contributed by atoms with Crippen molar-refractivity contribution in [2.45, 2.75) is 39.5 Å². The molecule has 3 heterocycles. The van der Waals surface area contributed by atoms with Gasteiger partial charge in [-0.15, -0.1) is 0 Å².